The molecule has 2 aromatic heterocycles. The van der Waals surface area contributed by atoms with Gasteiger partial charge >= 0.3 is 5.97 Å². The summed E-state index contributed by atoms with van der Waals surface area (Å²) in [6.07, 6.45) is 4.97. The second kappa shape index (κ2) is 5.31. The fourth-order valence-electron chi connectivity index (χ4n) is 1.48. The van der Waals surface area contributed by atoms with Crippen molar-refractivity contribution < 1.29 is 9.53 Å². The molecule has 0 atom stereocenters. The monoisotopic (exact) mass is 246 g/mol. The number of hydrogen-bond acceptors (Lipinski definition) is 5. The minimum atomic E-state index is -0.451. The number of nitrogens with two attached hydrogens (primary N) is 1. The van der Waals surface area contributed by atoms with Gasteiger partial charge in [0.2, 0.25) is 0 Å². The van der Waals surface area contributed by atoms with Crippen LogP contribution in [0, 0.1) is 6.92 Å². The maximum absolute atomic E-state index is 11.6. The number of nitrogens with zero attached hydrogens (tertiary/aromatic N) is 3. The molecule has 0 fully saturated rings. The predicted octanol–water partition coefficient (Wildman–Crippen LogP) is 1.03. The summed E-state index contributed by atoms with van der Waals surface area (Å²) in [6.45, 7) is 2.75. The van der Waals surface area contributed by atoms with Gasteiger partial charge in [0.25, 0.3) is 0 Å². The number of anilines is 1. The van der Waals surface area contributed by atoms with Crippen molar-refractivity contribution in [2.45, 2.75) is 13.5 Å². The van der Waals surface area contributed by atoms with Gasteiger partial charge in [-0.3, -0.25) is 0 Å². The molecule has 2 heterocycles. The SMILES string of the molecule is Cc1nccn1CCOC(=O)c1ccc(N)cn1. The van der Waals surface area contributed by atoms with E-state index in [4.69, 9.17) is 10.5 Å². The minimum Gasteiger partial charge on any atom is -0.459 e. The Kier molecular flexibility index (Phi) is 3.57. The molecule has 94 valence electrons. The van der Waals surface area contributed by atoms with Crippen LogP contribution in [-0.2, 0) is 11.3 Å². The summed E-state index contributed by atoms with van der Waals surface area (Å²) in [4.78, 5) is 19.6. The van der Waals surface area contributed by atoms with E-state index in [1.54, 1.807) is 18.3 Å². The quantitative estimate of drug-likeness (QED) is 0.814. The van der Waals surface area contributed by atoms with Gasteiger partial charge in [-0.15, -0.1) is 0 Å². The Hall–Kier alpha value is -2.37. The number of esters is 1. The van der Waals surface area contributed by atoms with Crippen molar-refractivity contribution in [3.8, 4) is 0 Å². The summed E-state index contributed by atoms with van der Waals surface area (Å²) < 4.78 is 7.01. The third-order valence-corrected chi connectivity index (χ3v) is 2.48. The van der Waals surface area contributed by atoms with Crippen molar-refractivity contribution in [1.82, 2.24) is 14.5 Å². The van der Waals surface area contributed by atoms with Crippen molar-refractivity contribution in [1.29, 1.82) is 0 Å². The Morgan fingerprint density at radius 1 is 1.44 bits per heavy atom. The summed E-state index contributed by atoms with van der Waals surface area (Å²) in [5.74, 6) is 0.435. The van der Waals surface area contributed by atoms with Gasteiger partial charge in [0.1, 0.15) is 18.1 Å². The smallest absolute Gasteiger partial charge is 0.356 e. The Bertz CT molecular complexity index is 533. The van der Waals surface area contributed by atoms with Crippen molar-refractivity contribution in [2.24, 2.45) is 0 Å². The van der Waals surface area contributed by atoms with E-state index < -0.39 is 5.97 Å². The third-order valence-electron chi connectivity index (χ3n) is 2.48. The van der Waals surface area contributed by atoms with E-state index in [0.717, 1.165) is 5.82 Å². The molecule has 0 aliphatic rings. The predicted molar refractivity (Wildman–Crippen MR) is 65.9 cm³/mol. The fourth-order valence-corrected chi connectivity index (χ4v) is 1.48. The number of pyridine rings is 1. The highest BCUT2D eigenvalue weighted by molar-refractivity contribution is 5.87. The number of nitrogen functional groups attached to an aromatic ring is 1. The molecule has 0 spiro atoms. The summed E-state index contributed by atoms with van der Waals surface area (Å²) in [6, 6.07) is 3.16. The molecule has 0 saturated carbocycles. The highest BCUT2D eigenvalue weighted by Crippen LogP contribution is 2.03. The minimum absolute atomic E-state index is 0.256. The van der Waals surface area contributed by atoms with Crippen molar-refractivity contribution >= 4 is 11.7 Å². The van der Waals surface area contributed by atoms with E-state index in [2.05, 4.69) is 9.97 Å². The Morgan fingerprint density at radius 2 is 2.28 bits per heavy atom. The molecule has 0 aliphatic heterocycles. The van der Waals surface area contributed by atoms with Gasteiger partial charge in [0.15, 0.2) is 0 Å². The number of hydrogen-bond donors (Lipinski definition) is 1. The topological polar surface area (TPSA) is 83.0 Å². The van der Waals surface area contributed by atoms with Gasteiger partial charge in [0, 0.05) is 12.4 Å². The van der Waals surface area contributed by atoms with Crippen LogP contribution in [-0.4, -0.2) is 27.1 Å². The van der Waals surface area contributed by atoms with Crippen LogP contribution >= 0.6 is 0 Å². The molecule has 0 unspecified atom stereocenters. The van der Waals surface area contributed by atoms with E-state index >= 15 is 0 Å². The van der Waals surface area contributed by atoms with Crippen LogP contribution < -0.4 is 5.73 Å². The molecule has 2 aromatic rings. The molecule has 6 nitrogen and oxygen atoms in total. The van der Waals surface area contributed by atoms with Gasteiger partial charge < -0.3 is 15.0 Å². The third kappa shape index (κ3) is 2.85. The van der Waals surface area contributed by atoms with Gasteiger partial charge in [0.05, 0.1) is 18.4 Å². The largest absolute Gasteiger partial charge is 0.459 e. The molecule has 0 amide bonds. The second-order valence-electron chi connectivity index (χ2n) is 3.78. The Morgan fingerprint density at radius 3 is 2.89 bits per heavy atom. The number of ether oxygens (including phenoxy) is 1. The molecule has 0 radical (unpaired) electrons. The zero-order valence-corrected chi connectivity index (χ0v) is 10.0. The molecule has 6 heteroatoms. The molecule has 18 heavy (non-hydrogen) atoms. The lowest BCUT2D eigenvalue weighted by molar-refractivity contribution is 0.0484. The first-order chi connectivity index (χ1) is 8.66. The maximum atomic E-state index is 11.6. The molecule has 0 aromatic carbocycles. The number of aryl methyl sites for hydroxylation is 1. The molecule has 0 bridgehead atoms. The van der Waals surface area contributed by atoms with Crippen LogP contribution in [0.2, 0.25) is 0 Å². The highest BCUT2D eigenvalue weighted by Gasteiger charge is 2.08. The molecule has 0 aliphatic carbocycles. The summed E-state index contributed by atoms with van der Waals surface area (Å²) in [5, 5.41) is 0. The molecule has 2 rings (SSSR count). The number of carbonyl (C=O) groups excluding carboxylic acids is 1. The standard InChI is InChI=1S/C12H14N4O2/c1-9-14-4-5-16(9)6-7-18-12(17)11-3-2-10(13)8-15-11/h2-5,8H,6-7,13H2,1H3. The number of imidazole rings is 1. The van der Waals surface area contributed by atoms with Crippen LogP contribution in [0.25, 0.3) is 0 Å². The van der Waals surface area contributed by atoms with E-state index in [1.165, 1.54) is 6.20 Å². The number of aromatic nitrogens is 3. The lowest BCUT2D eigenvalue weighted by Gasteiger charge is -2.06. The molecule has 2 N–H and O–H groups in total. The summed E-state index contributed by atoms with van der Waals surface area (Å²) in [7, 11) is 0. The normalized spacial score (nSPS) is 10.3. The van der Waals surface area contributed by atoms with Crippen LogP contribution in [0.4, 0.5) is 5.69 Å². The van der Waals surface area contributed by atoms with Crippen molar-refractivity contribution in [2.75, 3.05) is 12.3 Å². The van der Waals surface area contributed by atoms with Gasteiger partial charge in [-0.2, -0.15) is 0 Å². The lowest BCUT2D eigenvalue weighted by Crippen LogP contribution is -2.13. The van der Waals surface area contributed by atoms with E-state index in [9.17, 15) is 4.79 Å². The summed E-state index contributed by atoms with van der Waals surface area (Å²) >= 11 is 0. The van der Waals surface area contributed by atoms with Crippen molar-refractivity contribution in [3.63, 3.8) is 0 Å². The number of rotatable bonds is 4. The average Bonchev–Trinajstić information content (AvgIpc) is 2.76. The van der Waals surface area contributed by atoms with E-state index in [-0.39, 0.29) is 12.3 Å². The molecular formula is C12H14N4O2. The lowest BCUT2D eigenvalue weighted by atomic mass is 10.3. The van der Waals surface area contributed by atoms with Crippen LogP contribution in [0.15, 0.2) is 30.7 Å². The highest BCUT2D eigenvalue weighted by atomic mass is 16.5. The van der Waals surface area contributed by atoms with E-state index in [1.807, 2.05) is 17.7 Å². The van der Waals surface area contributed by atoms with E-state index in [0.29, 0.717) is 12.2 Å². The molecular weight excluding hydrogens is 232 g/mol. The van der Waals surface area contributed by atoms with Crippen LogP contribution in [0.1, 0.15) is 16.3 Å². The van der Waals surface area contributed by atoms with Gasteiger partial charge in [-0.25, -0.2) is 14.8 Å². The fraction of sp³-hybridized carbons (Fsp3) is 0.250. The second-order valence-corrected chi connectivity index (χ2v) is 3.78. The number of carbonyl (C=O) groups is 1. The summed E-state index contributed by atoms with van der Waals surface area (Å²) in [5.41, 5.74) is 6.25. The average molecular weight is 246 g/mol. The first-order valence-electron chi connectivity index (χ1n) is 5.53. The first-order valence-corrected chi connectivity index (χ1v) is 5.53. The molecule has 0 saturated heterocycles. The van der Waals surface area contributed by atoms with Gasteiger partial charge in [-0.05, 0) is 19.1 Å². The maximum Gasteiger partial charge on any atom is 0.356 e. The zero-order valence-electron chi connectivity index (χ0n) is 10.0. The van der Waals surface area contributed by atoms with Gasteiger partial charge in [-0.1, -0.05) is 0 Å². The first kappa shape index (κ1) is 12.1. The Balaban J connectivity index is 1.85. The zero-order chi connectivity index (χ0) is 13.0. The van der Waals surface area contributed by atoms with Crippen molar-refractivity contribution in [3.05, 3.63) is 42.2 Å². The van der Waals surface area contributed by atoms with Crippen LogP contribution in [0.5, 0.6) is 0 Å². The Labute approximate surface area is 104 Å². The van der Waals surface area contributed by atoms with Crippen LogP contribution in [0.3, 0.4) is 0 Å².